The molecule has 9 nitrogen and oxygen atoms in total. The smallest absolute Gasteiger partial charge is 0.286 e. The van der Waals surface area contributed by atoms with Crippen LogP contribution >= 0.6 is 0 Å². The molecular weight excluding hydrogens is 382 g/mol. The van der Waals surface area contributed by atoms with Crippen molar-refractivity contribution in [3.63, 3.8) is 0 Å². The van der Waals surface area contributed by atoms with E-state index in [2.05, 4.69) is 26.8 Å². The summed E-state index contributed by atoms with van der Waals surface area (Å²) in [6.07, 6.45) is 5.10. The molecule has 28 heavy (non-hydrogen) atoms. The van der Waals surface area contributed by atoms with Crippen molar-refractivity contribution in [3.8, 4) is 29.5 Å². The number of ether oxygens (including phenoxy) is 1. The maximum atomic E-state index is 12.9. The molecular formula is C18H15N5O4S. The van der Waals surface area contributed by atoms with Crippen LogP contribution in [-0.2, 0) is 10.0 Å². The van der Waals surface area contributed by atoms with Gasteiger partial charge in [-0.25, -0.2) is 0 Å². The van der Waals surface area contributed by atoms with Gasteiger partial charge in [0.1, 0.15) is 5.75 Å². The standard InChI is InChI=1S/C18H15N5O4S/c1-3-12-19-18(24)14-6-10-16(11-7-14)28(25,26)23-17(20-21-22-23)13-4-8-15(27-2)9-5-13/h1,4-11H,12H2,2H3,(H,19,24). The molecule has 0 aliphatic rings. The number of rotatable bonds is 6. The van der Waals surface area contributed by atoms with Crippen LogP contribution in [-0.4, -0.2) is 47.6 Å². The minimum Gasteiger partial charge on any atom is -0.497 e. The molecule has 0 bridgehead atoms. The number of amides is 1. The molecule has 0 saturated heterocycles. The molecule has 0 saturated carbocycles. The zero-order valence-corrected chi connectivity index (χ0v) is 15.5. The highest BCUT2D eigenvalue weighted by atomic mass is 32.2. The Morgan fingerprint density at radius 2 is 1.86 bits per heavy atom. The van der Waals surface area contributed by atoms with E-state index in [0.717, 1.165) is 4.09 Å². The number of nitrogens with one attached hydrogen (secondary N) is 1. The Labute approximate surface area is 161 Å². The molecule has 0 radical (unpaired) electrons. The third kappa shape index (κ3) is 3.70. The Morgan fingerprint density at radius 1 is 1.18 bits per heavy atom. The van der Waals surface area contributed by atoms with E-state index >= 15 is 0 Å². The fourth-order valence-electron chi connectivity index (χ4n) is 2.36. The van der Waals surface area contributed by atoms with E-state index in [1.807, 2.05) is 0 Å². The van der Waals surface area contributed by atoms with Gasteiger partial charge in [-0.2, -0.15) is 8.42 Å². The Balaban J connectivity index is 1.93. The third-order valence-electron chi connectivity index (χ3n) is 3.78. The van der Waals surface area contributed by atoms with Crippen molar-refractivity contribution in [2.75, 3.05) is 13.7 Å². The molecule has 3 rings (SSSR count). The normalized spacial score (nSPS) is 10.9. The fourth-order valence-corrected chi connectivity index (χ4v) is 3.54. The van der Waals surface area contributed by atoms with Crippen molar-refractivity contribution in [1.29, 1.82) is 0 Å². The lowest BCUT2D eigenvalue weighted by molar-refractivity contribution is 0.0958. The maximum absolute atomic E-state index is 12.9. The fraction of sp³-hybridized carbons (Fsp3) is 0.111. The van der Waals surface area contributed by atoms with E-state index in [0.29, 0.717) is 11.3 Å². The predicted molar refractivity (Wildman–Crippen MR) is 100.0 cm³/mol. The number of carbonyl (C=O) groups is 1. The van der Waals surface area contributed by atoms with Crippen molar-refractivity contribution in [2.24, 2.45) is 0 Å². The number of hydrogen-bond acceptors (Lipinski definition) is 7. The summed E-state index contributed by atoms with van der Waals surface area (Å²) in [5, 5.41) is 13.4. The minimum atomic E-state index is -4.06. The quantitative estimate of drug-likeness (QED) is 0.616. The number of aromatic nitrogens is 4. The summed E-state index contributed by atoms with van der Waals surface area (Å²) in [7, 11) is -2.54. The van der Waals surface area contributed by atoms with E-state index in [1.54, 1.807) is 24.3 Å². The number of tetrazole rings is 1. The van der Waals surface area contributed by atoms with Crippen molar-refractivity contribution in [1.82, 2.24) is 24.9 Å². The zero-order valence-electron chi connectivity index (χ0n) is 14.7. The van der Waals surface area contributed by atoms with Gasteiger partial charge in [-0.3, -0.25) is 4.79 Å². The molecule has 0 spiro atoms. The second-order valence-electron chi connectivity index (χ2n) is 5.49. The van der Waals surface area contributed by atoms with E-state index in [-0.39, 0.29) is 22.8 Å². The molecule has 1 amide bonds. The van der Waals surface area contributed by atoms with Crippen LogP contribution in [0.15, 0.2) is 53.4 Å². The second-order valence-corrected chi connectivity index (χ2v) is 7.26. The van der Waals surface area contributed by atoms with Crippen molar-refractivity contribution >= 4 is 15.9 Å². The number of terminal acetylenes is 1. The lowest BCUT2D eigenvalue weighted by Crippen LogP contribution is -2.23. The van der Waals surface area contributed by atoms with Gasteiger partial charge in [0.05, 0.1) is 18.6 Å². The Morgan fingerprint density at radius 3 is 2.46 bits per heavy atom. The van der Waals surface area contributed by atoms with Crippen molar-refractivity contribution in [2.45, 2.75) is 4.90 Å². The van der Waals surface area contributed by atoms with Crippen LogP contribution in [0.5, 0.6) is 5.75 Å². The van der Waals surface area contributed by atoms with E-state index < -0.39 is 15.9 Å². The van der Waals surface area contributed by atoms with Gasteiger partial charge < -0.3 is 10.1 Å². The van der Waals surface area contributed by atoms with Crippen LogP contribution < -0.4 is 10.1 Å². The topological polar surface area (TPSA) is 116 Å². The first-order valence-corrected chi connectivity index (χ1v) is 9.41. The summed E-state index contributed by atoms with van der Waals surface area (Å²) in [6.45, 7) is 0.0781. The zero-order chi connectivity index (χ0) is 20.1. The third-order valence-corrected chi connectivity index (χ3v) is 5.35. The van der Waals surface area contributed by atoms with E-state index in [1.165, 1.54) is 31.4 Å². The Bertz CT molecular complexity index is 1130. The first-order chi connectivity index (χ1) is 13.5. The van der Waals surface area contributed by atoms with Crippen LogP contribution in [0, 0.1) is 12.3 Å². The molecule has 1 aromatic heterocycles. The van der Waals surface area contributed by atoms with Gasteiger partial charge in [-0.15, -0.1) is 15.6 Å². The average Bonchev–Trinajstić information content (AvgIpc) is 3.23. The number of nitrogens with zero attached hydrogens (tertiary/aromatic N) is 4. The molecule has 0 aliphatic heterocycles. The van der Waals surface area contributed by atoms with Crippen molar-refractivity contribution in [3.05, 3.63) is 54.1 Å². The molecule has 3 aromatic rings. The van der Waals surface area contributed by atoms with Crippen LogP contribution in [0.1, 0.15) is 10.4 Å². The molecule has 142 valence electrons. The van der Waals surface area contributed by atoms with Crippen LogP contribution in [0.25, 0.3) is 11.4 Å². The van der Waals surface area contributed by atoms with E-state index in [4.69, 9.17) is 11.2 Å². The van der Waals surface area contributed by atoms with Crippen LogP contribution in [0.3, 0.4) is 0 Å². The monoisotopic (exact) mass is 397 g/mol. The lowest BCUT2D eigenvalue weighted by atomic mass is 10.2. The summed E-state index contributed by atoms with van der Waals surface area (Å²) in [4.78, 5) is 11.8. The number of benzene rings is 2. The highest BCUT2D eigenvalue weighted by molar-refractivity contribution is 7.90. The highest BCUT2D eigenvalue weighted by Crippen LogP contribution is 2.23. The van der Waals surface area contributed by atoms with Crippen LogP contribution in [0.2, 0.25) is 0 Å². The summed E-state index contributed by atoms with van der Waals surface area (Å²) in [6, 6.07) is 12.0. The lowest BCUT2D eigenvalue weighted by Gasteiger charge is -2.08. The second kappa shape index (κ2) is 7.89. The van der Waals surface area contributed by atoms with Gasteiger partial charge in [0.15, 0.2) is 5.82 Å². The van der Waals surface area contributed by atoms with E-state index in [9.17, 15) is 13.2 Å². The van der Waals surface area contributed by atoms with Gasteiger partial charge in [0.2, 0.25) is 0 Å². The summed E-state index contributed by atoms with van der Waals surface area (Å²) < 4.78 is 31.7. The molecule has 0 fully saturated rings. The van der Waals surface area contributed by atoms with Gasteiger partial charge in [0, 0.05) is 11.1 Å². The Hall–Kier alpha value is -3.71. The summed E-state index contributed by atoms with van der Waals surface area (Å²) >= 11 is 0. The van der Waals surface area contributed by atoms with Crippen LogP contribution in [0.4, 0.5) is 0 Å². The molecule has 1 heterocycles. The highest BCUT2D eigenvalue weighted by Gasteiger charge is 2.24. The first kappa shape index (κ1) is 19.1. The molecule has 0 aliphatic carbocycles. The van der Waals surface area contributed by atoms with Crippen molar-refractivity contribution < 1.29 is 17.9 Å². The SMILES string of the molecule is C#CCNC(=O)c1ccc(S(=O)(=O)n2nnnc2-c2ccc(OC)cc2)cc1. The first-order valence-electron chi connectivity index (χ1n) is 7.97. The largest absolute Gasteiger partial charge is 0.497 e. The molecule has 10 heteroatoms. The summed E-state index contributed by atoms with van der Waals surface area (Å²) in [5.74, 6) is 2.56. The number of methoxy groups -OCH3 is 1. The average molecular weight is 397 g/mol. The maximum Gasteiger partial charge on any atom is 0.286 e. The molecule has 1 N–H and O–H groups in total. The van der Waals surface area contributed by atoms with Gasteiger partial charge in [-0.05, 0) is 59.0 Å². The summed E-state index contributed by atoms with van der Waals surface area (Å²) in [5.41, 5.74) is 0.779. The number of carbonyl (C=O) groups excluding carboxylic acids is 1. The van der Waals surface area contributed by atoms with Gasteiger partial charge in [-0.1, -0.05) is 5.92 Å². The predicted octanol–water partition coefficient (Wildman–Crippen LogP) is 0.949. The molecule has 0 unspecified atom stereocenters. The minimum absolute atomic E-state index is 0.0542. The molecule has 0 atom stereocenters. The molecule has 2 aromatic carbocycles. The number of hydrogen-bond donors (Lipinski definition) is 1. The van der Waals surface area contributed by atoms with Gasteiger partial charge in [0.25, 0.3) is 15.9 Å². The Kier molecular flexibility index (Phi) is 5.37. The van der Waals surface area contributed by atoms with Gasteiger partial charge >= 0.3 is 0 Å².